The average Bonchev–Trinajstić information content (AvgIpc) is 2.73. The van der Waals surface area contributed by atoms with E-state index in [4.69, 9.17) is 4.74 Å². The third kappa shape index (κ3) is 3.58. The zero-order valence-electron chi connectivity index (χ0n) is 15.0. The molecule has 0 bridgehead atoms. The van der Waals surface area contributed by atoms with E-state index in [0.29, 0.717) is 5.56 Å². The van der Waals surface area contributed by atoms with E-state index in [-0.39, 0.29) is 5.97 Å². The summed E-state index contributed by atoms with van der Waals surface area (Å²) in [5.74, 6) is -0.362. The number of pyridine rings is 1. The summed E-state index contributed by atoms with van der Waals surface area (Å²) in [4.78, 5) is 17.4. The van der Waals surface area contributed by atoms with Gasteiger partial charge >= 0.3 is 5.97 Å². The van der Waals surface area contributed by atoms with Gasteiger partial charge in [0.05, 0.1) is 11.3 Å². The molecule has 1 aromatic heterocycles. The third-order valence-corrected chi connectivity index (χ3v) is 4.57. The Bertz CT molecular complexity index is 1070. The fourth-order valence-corrected chi connectivity index (χ4v) is 3.13. The normalized spacial score (nSPS) is 11.9. The molecule has 0 N–H and O–H groups in total. The highest BCUT2D eigenvalue weighted by molar-refractivity contribution is 5.90. The highest BCUT2D eigenvalue weighted by Gasteiger charge is 2.23. The van der Waals surface area contributed by atoms with E-state index in [1.807, 2.05) is 79.7 Å². The van der Waals surface area contributed by atoms with Crippen LogP contribution in [-0.2, 0) is 4.74 Å². The van der Waals surface area contributed by atoms with Gasteiger partial charge in [0.15, 0.2) is 6.10 Å². The van der Waals surface area contributed by atoms with Gasteiger partial charge in [-0.1, -0.05) is 72.3 Å². The van der Waals surface area contributed by atoms with Gasteiger partial charge in [0.2, 0.25) is 0 Å². The van der Waals surface area contributed by atoms with E-state index >= 15 is 0 Å². The van der Waals surface area contributed by atoms with E-state index in [2.05, 4.69) is 4.98 Å². The highest BCUT2D eigenvalue weighted by Crippen LogP contribution is 2.31. The Morgan fingerprint density at radius 3 is 2.33 bits per heavy atom. The molecule has 1 heterocycles. The lowest BCUT2D eigenvalue weighted by molar-refractivity contribution is 0.0373. The molecule has 0 radical (unpaired) electrons. The fourth-order valence-electron chi connectivity index (χ4n) is 3.13. The van der Waals surface area contributed by atoms with E-state index in [9.17, 15) is 4.79 Å². The van der Waals surface area contributed by atoms with Gasteiger partial charge < -0.3 is 4.74 Å². The Morgan fingerprint density at radius 2 is 1.56 bits per heavy atom. The summed E-state index contributed by atoms with van der Waals surface area (Å²) in [7, 11) is 0. The number of carbonyl (C=O) groups excluding carboxylic acids is 1. The van der Waals surface area contributed by atoms with Crippen LogP contribution < -0.4 is 0 Å². The number of rotatable bonds is 4. The minimum Gasteiger partial charge on any atom is -0.447 e. The lowest BCUT2D eigenvalue weighted by Gasteiger charge is -2.19. The molecule has 0 amide bonds. The molecule has 1 unspecified atom stereocenters. The summed E-state index contributed by atoms with van der Waals surface area (Å²) < 4.78 is 5.96. The second-order valence-corrected chi connectivity index (χ2v) is 6.48. The third-order valence-electron chi connectivity index (χ3n) is 4.57. The predicted molar refractivity (Wildman–Crippen MR) is 107 cm³/mol. The maximum Gasteiger partial charge on any atom is 0.339 e. The van der Waals surface area contributed by atoms with Crippen molar-refractivity contribution < 1.29 is 9.53 Å². The lowest BCUT2D eigenvalue weighted by atomic mass is 10.0. The quantitative estimate of drug-likeness (QED) is 0.455. The molecule has 4 rings (SSSR count). The van der Waals surface area contributed by atoms with E-state index in [1.54, 1.807) is 18.3 Å². The molecular formula is C24H19NO2. The SMILES string of the molecule is Cc1ccc(C(=O)OC(c2ccccc2)c2nccc3ccccc23)cc1. The second kappa shape index (κ2) is 7.42. The number of hydrogen-bond donors (Lipinski definition) is 0. The topological polar surface area (TPSA) is 39.2 Å². The molecule has 1 atom stereocenters. The summed E-state index contributed by atoms with van der Waals surface area (Å²) in [5, 5.41) is 2.04. The van der Waals surface area contributed by atoms with Gasteiger partial charge in [0.1, 0.15) is 0 Å². The van der Waals surface area contributed by atoms with Gasteiger partial charge in [0.25, 0.3) is 0 Å². The van der Waals surface area contributed by atoms with Crippen LogP contribution in [0.5, 0.6) is 0 Å². The molecule has 0 aliphatic carbocycles. The molecule has 4 aromatic rings. The van der Waals surface area contributed by atoms with Crippen molar-refractivity contribution in [1.29, 1.82) is 0 Å². The zero-order chi connectivity index (χ0) is 18.6. The fraction of sp³-hybridized carbons (Fsp3) is 0.0833. The molecule has 0 spiro atoms. The molecule has 0 fully saturated rings. The molecule has 132 valence electrons. The number of esters is 1. The molecular weight excluding hydrogens is 334 g/mol. The minimum atomic E-state index is -0.578. The first-order valence-corrected chi connectivity index (χ1v) is 8.88. The van der Waals surface area contributed by atoms with Crippen LogP contribution in [0.4, 0.5) is 0 Å². The first-order valence-electron chi connectivity index (χ1n) is 8.88. The molecule has 0 aliphatic rings. The maximum atomic E-state index is 12.8. The Balaban J connectivity index is 1.78. The number of aromatic nitrogens is 1. The molecule has 0 saturated carbocycles. The van der Waals surface area contributed by atoms with Crippen molar-refractivity contribution in [3.63, 3.8) is 0 Å². The van der Waals surface area contributed by atoms with Crippen LogP contribution in [0.2, 0.25) is 0 Å². The standard InChI is InChI=1S/C24H19NO2/c1-17-11-13-20(14-12-17)24(26)27-23(19-8-3-2-4-9-19)22-21-10-6-5-7-18(21)15-16-25-22/h2-16,23H,1H3. The Labute approximate surface area is 158 Å². The predicted octanol–water partition coefficient (Wildman–Crippen LogP) is 5.49. The largest absolute Gasteiger partial charge is 0.447 e. The molecule has 0 saturated heterocycles. The van der Waals surface area contributed by atoms with Gasteiger partial charge in [-0.15, -0.1) is 0 Å². The maximum absolute atomic E-state index is 12.8. The second-order valence-electron chi connectivity index (χ2n) is 6.48. The van der Waals surface area contributed by atoms with Crippen molar-refractivity contribution in [2.75, 3.05) is 0 Å². The molecule has 27 heavy (non-hydrogen) atoms. The van der Waals surface area contributed by atoms with Crippen LogP contribution in [0.3, 0.4) is 0 Å². The smallest absolute Gasteiger partial charge is 0.339 e. The van der Waals surface area contributed by atoms with Crippen LogP contribution in [0.25, 0.3) is 10.8 Å². The van der Waals surface area contributed by atoms with E-state index < -0.39 is 6.10 Å². The lowest BCUT2D eigenvalue weighted by Crippen LogP contribution is -2.14. The number of carbonyl (C=O) groups is 1. The van der Waals surface area contributed by atoms with Crippen LogP contribution in [0.1, 0.15) is 33.3 Å². The van der Waals surface area contributed by atoms with Crippen LogP contribution in [-0.4, -0.2) is 11.0 Å². The van der Waals surface area contributed by atoms with E-state index in [1.165, 1.54) is 0 Å². The van der Waals surface area contributed by atoms with Crippen molar-refractivity contribution in [2.24, 2.45) is 0 Å². The van der Waals surface area contributed by atoms with Crippen LogP contribution in [0.15, 0.2) is 91.1 Å². The van der Waals surface area contributed by atoms with Crippen molar-refractivity contribution in [2.45, 2.75) is 13.0 Å². The molecule has 3 nitrogen and oxygen atoms in total. The van der Waals surface area contributed by atoms with Gasteiger partial charge in [0, 0.05) is 11.6 Å². The minimum absolute atomic E-state index is 0.362. The monoisotopic (exact) mass is 353 g/mol. The Morgan fingerprint density at radius 1 is 0.852 bits per heavy atom. The van der Waals surface area contributed by atoms with Crippen molar-refractivity contribution in [3.8, 4) is 0 Å². The number of nitrogens with zero attached hydrogens (tertiary/aromatic N) is 1. The summed E-state index contributed by atoms with van der Waals surface area (Å²) in [6.45, 7) is 1.99. The Hall–Kier alpha value is -3.46. The van der Waals surface area contributed by atoms with Crippen molar-refractivity contribution >= 4 is 16.7 Å². The van der Waals surface area contributed by atoms with Crippen molar-refractivity contribution in [3.05, 3.63) is 114 Å². The zero-order valence-corrected chi connectivity index (χ0v) is 15.0. The molecule has 3 aromatic carbocycles. The van der Waals surface area contributed by atoms with Crippen LogP contribution in [0, 0.1) is 6.92 Å². The average molecular weight is 353 g/mol. The van der Waals surface area contributed by atoms with Gasteiger partial charge in [-0.05, 0) is 36.1 Å². The molecule has 3 heteroatoms. The number of hydrogen-bond acceptors (Lipinski definition) is 3. The van der Waals surface area contributed by atoms with Gasteiger partial charge in [-0.25, -0.2) is 4.79 Å². The highest BCUT2D eigenvalue weighted by atomic mass is 16.5. The van der Waals surface area contributed by atoms with Crippen LogP contribution >= 0.6 is 0 Å². The van der Waals surface area contributed by atoms with E-state index in [0.717, 1.165) is 27.6 Å². The summed E-state index contributed by atoms with van der Waals surface area (Å²) in [5.41, 5.74) is 3.25. The first kappa shape index (κ1) is 17.0. The summed E-state index contributed by atoms with van der Waals surface area (Å²) in [6, 6.07) is 27.1. The number of fused-ring (bicyclic) bond motifs is 1. The Kier molecular flexibility index (Phi) is 4.67. The molecule has 0 aliphatic heterocycles. The van der Waals surface area contributed by atoms with Gasteiger partial charge in [-0.2, -0.15) is 0 Å². The summed E-state index contributed by atoms with van der Waals surface area (Å²) >= 11 is 0. The first-order chi connectivity index (χ1) is 13.2. The van der Waals surface area contributed by atoms with Crippen molar-refractivity contribution in [1.82, 2.24) is 4.98 Å². The number of aryl methyl sites for hydroxylation is 1. The number of ether oxygens (including phenoxy) is 1. The van der Waals surface area contributed by atoms with Gasteiger partial charge in [-0.3, -0.25) is 4.98 Å². The summed E-state index contributed by atoms with van der Waals surface area (Å²) in [6.07, 6.45) is 1.18. The number of benzene rings is 3.